The lowest BCUT2D eigenvalue weighted by atomic mass is 10.1. The smallest absolute Gasteiger partial charge is 0.264 e. The molecule has 3 N–H and O–H groups in total. The summed E-state index contributed by atoms with van der Waals surface area (Å²) >= 11 is 1.37. The summed E-state index contributed by atoms with van der Waals surface area (Å²) in [4.78, 5) is 17.6. The molecule has 0 spiro atoms. The molecule has 1 heterocycles. The minimum Gasteiger partial charge on any atom is -0.399 e. The lowest BCUT2D eigenvalue weighted by Gasteiger charge is -2.04. The summed E-state index contributed by atoms with van der Waals surface area (Å²) < 4.78 is 0. The molecule has 0 bridgehead atoms. The Labute approximate surface area is 158 Å². The monoisotopic (exact) mass is 365 g/mol. The van der Waals surface area contributed by atoms with Gasteiger partial charge in [0.2, 0.25) is 0 Å². The Morgan fingerprint density at radius 3 is 2.65 bits per heavy atom. The van der Waals surface area contributed by atoms with Gasteiger partial charge in [-0.2, -0.15) is 0 Å². The Hall–Kier alpha value is -2.53. The van der Waals surface area contributed by atoms with E-state index in [0.29, 0.717) is 15.8 Å². The van der Waals surface area contributed by atoms with Gasteiger partial charge < -0.3 is 11.1 Å². The molecule has 1 saturated heterocycles. The molecule has 2 aromatic carbocycles. The van der Waals surface area contributed by atoms with E-state index in [1.54, 1.807) is 0 Å². The molecular weight excluding hydrogens is 342 g/mol. The number of amidine groups is 1. The lowest BCUT2D eigenvalue weighted by Crippen LogP contribution is -2.19. The summed E-state index contributed by atoms with van der Waals surface area (Å²) in [5, 5.41) is 3.46. The molecule has 0 aliphatic carbocycles. The average Bonchev–Trinajstić information content (AvgIpc) is 3.00. The van der Waals surface area contributed by atoms with Gasteiger partial charge in [0.25, 0.3) is 5.91 Å². The van der Waals surface area contributed by atoms with Gasteiger partial charge in [-0.1, -0.05) is 37.6 Å². The highest BCUT2D eigenvalue weighted by Gasteiger charge is 2.26. The van der Waals surface area contributed by atoms with Gasteiger partial charge in [0.1, 0.15) is 0 Å². The largest absolute Gasteiger partial charge is 0.399 e. The number of aryl methyl sites for hydroxylation is 1. The number of nitrogens with one attached hydrogen (secondary N) is 1. The number of nitrogen functional groups attached to an aromatic ring is 1. The van der Waals surface area contributed by atoms with Crippen molar-refractivity contribution in [2.24, 2.45) is 4.99 Å². The third kappa shape index (κ3) is 4.35. The standard InChI is InChI=1S/C21H23N3OS/c1-3-4-6-15-9-11-18(12-10-15)23-21-24-20(25)19(26-21)14(2)16-7-5-8-17(22)13-16/h5,7-13H,3-4,6,22H2,1-2H3,(H,23,24,25)/b19-14-. The number of anilines is 1. The molecule has 5 heteroatoms. The fraction of sp³-hybridized carbons (Fsp3) is 0.238. The predicted molar refractivity (Wildman–Crippen MR) is 111 cm³/mol. The van der Waals surface area contributed by atoms with Crippen molar-refractivity contribution in [1.29, 1.82) is 0 Å². The number of nitrogens with two attached hydrogens (primary N) is 1. The normalized spacial score (nSPS) is 17.5. The first-order valence-corrected chi connectivity index (χ1v) is 9.62. The van der Waals surface area contributed by atoms with Crippen molar-refractivity contribution in [1.82, 2.24) is 5.32 Å². The minimum atomic E-state index is -0.117. The fourth-order valence-electron chi connectivity index (χ4n) is 2.76. The highest BCUT2D eigenvalue weighted by molar-refractivity contribution is 8.18. The highest BCUT2D eigenvalue weighted by Crippen LogP contribution is 2.33. The molecule has 1 amide bonds. The number of amides is 1. The van der Waals surface area contributed by atoms with Gasteiger partial charge >= 0.3 is 0 Å². The highest BCUT2D eigenvalue weighted by atomic mass is 32.2. The van der Waals surface area contributed by atoms with Crippen molar-refractivity contribution >= 4 is 39.8 Å². The Balaban J connectivity index is 1.78. The van der Waals surface area contributed by atoms with E-state index >= 15 is 0 Å². The average molecular weight is 366 g/mol. The van der Waals surface area contributed by atoms with E-state index < -0.39 is 0 Å². The SMILES string of the molecule is CCCCc1ccc(N=C2NC(=O)/C(=C(\C)c3cccc(N)c3)S2)cc1. The molecule has 0 atom stereocenters. The van der Waals surface area contributed by atoms with Crippen LogP contribution in [-0.2, 0) is 11.2 Å². The van der Waals surface area contributed by atoms with Gasteiger partial charge in [-0.15, -0.1) is 0 Å². The van der Waals surface area contributed by atoms with E-state index in [9.17, 15) is 4.79 Å². The summed E-state index contributed by atoms with van der Waals surface area (Å²) in [5.74, 6) is -0.117. The third-order valence-corrected chi connectivity index (χ3v) is 5.35. The molecule has 4 nitrogen and oxygen atoms in total. The topological polar surface area (TPSA) is 67.5 Å². The van der Waals surface area contributed by atoms with Crippen LogP contribution in [0.25, 0.3) is 5.57 Å². The second-order valence-electron chi connectivity index (χ2n) is 6.32. The molecule has 26 heavy (non-hydrogen) atoms. The first-order chi connectivity index (χ1) is 12.6. The number of thioether (sulfide) groups is 1. The zero-order valence-corrected chi connectivity index (χ0v) is 15.9. The van der Waals surface area contributed by atoms with E-state index in [4.69, 9.17) is 5.73 Å². The molecule has 3 rings (SSSR count). The van der Waals surface area contributed by atoms with Gasteiger partial charge in [0, 0.05) is 5.69 Å². The predicted octanol–water partition coefficient (Wildman–Crippen LogP) is 4.89. The Kier molecular flexibility index (Phi) is 5.78. The van der Waals surface area contributed by atoms with Crippen LogP contribution >= 0.6 is 11.8 Å². The Bertz CT molecular complexity index is 869. The fourth-order valence-corrected chi connectivity index (χ4v) is 3.66. The number of hydrogen-bond acceptors (Lipinski definition) is 4. The molecule has 1 fully saturated rings. The maximum absolute atomic E-state index is 12.3. The van der Waals surface area contributed by atoms with Gasteiger partial charge in [-0.05, 0) is 72.5 Å². The van der Waals surface area contributed by atoms with Crippen LogP contribution in [0.2, 0.25) is 0 Å². The molecular formula is C21H23N3OS. The maximum Gasteiger partial charge on any atom is 0.264 e. The van der Waals surface area contributed by atoms with Crippen molar-refractivity contribution < 1.29 is 4.79 Å². The zero-order chi connectivity index (χ0) is 18.5. The second-order valence-corrected chi connectivity index (χ2v) is 7.32. The Morgan fingerprint density at radius 2 is 1.96 bits per heavy atom. The molecule has 1 aliphatic rings. The lowest BCUT2D eigenvalue weighted by molar-refractivity contribution is -0.115. The summed E-state index contributed by atoms with van der Waals surface area (Å²) in [6, 6.07) is 15.8. The minimum absolute atomic E-state index is 0.117. The third-order valence-electron chi connectivity index (χ3n) is 4.27. The van der Waals surface area contributed by atoms with Crippen molar-refractivity contribution in [3.05, 3.63) is 64.6 Å². The summed E-state index contributed by atoms with van der Waals surface area (Å²) in [6.45, 7) is 4.12. The number of carbonyl (C=O) groups excluding carboxylic acids is 1. The van der Waals surface area contributed by atoms with E-state index in [1.165, 1.54) is 30.2 Å². The van der Waals surface area contributed by atoms with E-state index in [2.05, 4.69) is 29.4 Å². The zero-order valence-electron chi connectivity index (χ0n) is 15.1. The summed E-state index contributed by atoms with van der Waals surface area (Å²) in [7, 11) is 0. The van der Waals surface area contributed by atoms with Crippen LogP contribution in [0.4, 0.5) is 11.4 Å². The van der Waals surface area contributed by atoms with Gasteiger partial charge in [0.05, 0.1) is 10.6 Å². The first kappa shape index (κ1) is 18.3. The molecule has 0 aromatic heterocycles. The van der Waals surface area contributed by atoms with Crippen LogP contribution in [-0.4, -0.2) is 11.1 Å². The van der Waals surface area contributed by atoms with Gasteiger partial charge in [-0.25, -0.2) is 4.99 Å². The number of carbonyl (C=O) groups is 1. The Morgan fingerprint density at radius 1 is 1.19 bits per heavy atom. The van der Waals surface area contributed by atoms with Crippen LogP contribution in [0.5, 0.6) is 0 Å². The molecule has 2 aromatic rings. The van der Waals surface area contributed by atoms with E-state index in [0.717, 1.165) is 23.2 Å². The number of nitrogens with zero attached hydrogens (tertiary/aromatic N) is 1. The molecule has 134 valence electrons. The molecule has 1 aliphatic heterocycles. The van der Waals surface area contributed by atoms with Crippen molar-refractivity contribution in [2.45, 2.75) is 33.1 Å². The maximum atomic E-state index is 12.3. The van der Waals surface area contributed by atoms with Crippen molar-refractivity contribution in [3.8, 4) is 0 Å². The summed E-state index contributed by atoms with van der Waals surface area (Å²) in [5.41, 5.74) is 10.5. The first-order valence-electron chi connectivity index (χ1n) is 8.80. The second kappa shape index (κ2) is 8.23. The number of benzene rings is 2. The molecule has 0 unspecified atom stereocenters. The number of unbranched alkanes of at least 4 members (excludes halogenated alkanes) is 1. The quantitative estimate of drug-likeness (QED) is 0.585. The number of hydrogen-bond donors (Lipinski definition) is 2. The van der Waals surface area contributed by atoms with E-state index in [-0.39, 0.29) is 5.91 Å². The number of aliphatic imine (C=N–C) groups is 1. The van der Waals surface area contributed by atoms with Crippen molar-refractivity contribution in [3.63, 3.8) is 0 Å². The van der Waals surface area contributed by atoms with Crippen LogP contribution in [0.3, 0.4) is 0 Å². The van der Waals surface area contributed by atoms with Gasteiger partial charge in [0.15, 0.2) is 5.17 Å². The van der Waals surface area contributed by atoms with Crippen molar-refractivity contribution in [2.75, 3.05) is 5.73 Å². The van der Waals surface area contributed by atoms with Crippen LogP contribution in [0, 0.1) is 0 Å². The summed E-state index contributed by atoms with van der Waals surface area (Å²) in [6.07, 6.45) is 3.47. The van der Waals surface area contributed by atoms with Gasteiger partial charge in [-0.3, -0.25) is 4.79 Å². The number of rotatable bonds is 5. The molecule has 0 saturated carbocycles. The molecule has 0 radical (unpaired) electrons. The number of allylic oxidation sites excluding steroid dienone is 1. The van der Waals surface area contributed by atoms with E-state index in [1.807, 2.05) is 43.3 Å². The van der Waals surface area contributed by atoms with Crippen LogP contribution in [0.1, 0.15) is 37.8 Å². The van der Waals surface area contributed by atoms with Crippen LogP contribution in [0.15, 0.2) is 58.4 Å². The van der Waals surface area contributed by atoms with Crippen LogP contribution < -0.4 is 11.1 Å².